The van der Waals surface area contributed by atoms with Gasteiger partial charge in [0.2, 0.25) is 0 Å². The van der Waals surface area contributed by atoms with Gasteiger partial charge < -0.3 is 10.3 Å². The van der Waals surface area contributed by atoms with E-state index in [2.05, 4.69) is 4.98 Å². The van der Waals surface area contributed by atoms with Gasteiger partial charge in [0.25, 0.3) is 0 Å². The molecule has 2 N–H and O–H groups in total. The molecule has 4 heteroatoms. The summed E-state index contributed by atoms with van der Waals surface area (Å²) in [5, 5.41) is 0. The van der Waals surface area contributed by atoms with Crippen molar-refractivity contribution in [2.45, 2.75) is 20.4 Å². The Hall–Kier alpha value is -2.36. The summed E-state index contributed by atoms with van der Waals surface area (Å²) >= 11 is 0. The van der Waals surface area contributed by atoms with Gasteiger partial charge >= 0.3 is 0 Å². The van der Waals surface area contributed by atoms with Crippen LogP contribution in [-0.2, 0) is 6.54 Å². The van der Waals surface area contributed by atoms with Gasteiger partial charge in [0.15, 0.2) is 0 Å². The highest BCUT2D eigenvalue weighted by Crippen LogP contribution is 2.31. The highest BCUT2D eigenvalue weighted by Gasteiger charge is 2.15. The normalized spacial score (nSPS) is 11.2. The van der Waals surface area contributed by atoms with Gasteiger partial charge in [-0.05, 0) is 43.7 Å². The first-order chi connectivity index (χ1) is 9.61. The molecule has 1 aromatic heterocycles. The molecule has 3 rings (SSSR count). The first-order valence-corrected chi connectivity index (χ1v) is 6.63. The molecule has 0 atom stereocenters. The van der Waals surface area contributed by atoms with E-state index in [0.717, 1.165) is 28.0 Å². The zero-order chi connectivity index (χ0) is 14.3. The van der Waals surface area contributed by atoms with Gasteiger partial charge in [-0.2, -0.15) is 0 Å². The van der Waals surface area contributed by atoms with Crippen LogP contribution in [0.15, 0.2) is 36.4 Å². The number of aryl methyl sites for hydroxylation is 2. The minimum Gasteiger partial charge on any atom is -0.398 e. The van der Waals surface area contributed by atoms with E-state index in [1.165, 1.54) is 12.1 Å². The van der Waals surface area contributed by atoms with Crippen LogP contribution in [0, 0.1) is 12.7 Å². The molecule has 3 aromatic rings. The Morgan fingerprint density at radius 1 is 1.25 bits per heavy atom. The van der Waals surface area contributed by atoms with Crippen LogP contribution in [0.3, 0.4) is 0 Å². The number of nitrogens with zero attached hydrogens (tertiary/aromatic N) is 2. The lowest BCUT2D eigenvalue weighted by Crippen LogP contribution is -2.01. The Morgan fingerprint density at radius 3 is 2.75 bits per heavy atom. The van der Waals surface area contributed by atoms with Crippen molar-refractivity contribution in [3.63, 3.8) is 0 Å². The second kappa shape index (κ2) is 4.63. The molecule has 1 heterocycles. The average molecular weight is 269 g/mol. The fourth-order valence-corrected chi connectivity index (χ4v) is 2.60. The van der Waals surface area contributed by atoms with Crippen LogP contribution in [0.25, 0.3) is 22.4 Å². The summed E-state index contributed by atoms with van der Waals surface area (Å²) < 4.78 is 15.5. The van der Waals surface area contributed by atoms with Crippen molar-refractivity contribution in [2.75, 3.05) is 5.73 Å². The number of hydrogen-bond acceptors (Lipinski definition) is 2. The molecule has 0 fully saturated rings. The molecule has 0 radical (unpaired) electrons. The van der Waals surface area contributed by atoms with Gasteiger partial charge in [0, 0.05) is 17.8 Å². The number of halogens is 1. The zero-order valence-corrected chi connectivity index (χ0v) is 11.5. The van der Waals surface area contributed by atoms with Crippen molar-refractivity contribution in [1.82, 2.24) is 9.55 Å². The quantitative estimate of drug-likeness (QED) is 0.720. The van der Waals surface area contributed by atoms with Crippen molar-refractivity contribution in [3.8, 4) is 11.4 Å². The second-order valence-electron chi connectivity index (χ2n) is 4.85. The highest BCUT2D eigenvalue weighted by atomic mass is 19.1. The number of hydrogen-bond donors (Lipinski definition) is 1. The molecule has 0 aliphatic carbocycles. The van der Waals surface area contributed by atoms with Crippen molar-refractivity contribution in [1.29, 1.82) is 0 Å². The predicted molar refractivity (Wildman–Crippen MR) is 80.0 cm³/mol. The largest absolute Gasteiger partial charge is 0.398 e. The zero-order valence-electron chi connectivity index (χ0n) is 11.5. The third-order valence-corrected chi connectivity index (χ3v) is 3.56. The van der Waals surface area contributed by atoms with Crippen molar-refractivity contribution < 1.29 is 4.39 Å². The van der Waals surface area contributed by atoms with E-state index in [9.17, 15) is 4.39 Å². The molecule has 0 amide bonds. The second-order valence-corrected chi connectivity index (χ2v) is 4.85. The lowest BCUT2D eigenvalue weighted by atomic mass is 10.1. The molecule has 102 valence electrons. The fraction of sp³-hybridized carbons (Fsp3) is 0.188. The SMILES string of the molecule is CCn1c(-c2c(C)cccc2N)nc2ccc(F)cc21. The van der Waals surface area contributed by atoms with Crippen LogP contribution in [-0.4, -0.2) is 9.55 Å². The van der Waals surface area contributed by atoms with Crippen LogP contribution >= 0.6 is 0 Å². The van der Waals surface area contributed by atoms with Crippen LogP contribution in [0.4, 0.5) is 10.1 Å². The topological polar surface area (TPSA) is 43.8 Å². The van der Waals surface area contributed by atoms with E-state index in [4.69, 9.17) is 5.73 Å². The molecule has 20 heavy (non-hydrogen) atoms. The van der Waals surface area contributed by atoms with Gasteiger partial charge in [-0.15, -0.1) is 0 Å². The Balaban J connectivity index is 2.37. The molecule has 0 bridgehead atoms. The minimum atomic E-state index is -0.253. The number of fused-ring (bicyclic) bond motifs is 1. The number of aromatic nitrogens is 2. The molecule has 0 aliphatic rings. The summed E-state index contributed by atoms with van der Waals surface area (Å²) in [5.74, 6) is 0.542. The lowest BCUT2D eigenvalue weighted by Gasteiger charge is -2.11. The van der Waals surface area contributed by atoms with E-state index in [1.54, 1.807) is 6.07 Å². The van der Waals surface area contributed by atoms with Gasteiger partial charge in [-0.3, -0.25) is 0 Å². The average Bonchev–Trinajstić information content (AvgIpc) is 2.76. The molecular weight excluding hydrogens is 253 g/mol. The number of nitrogen functional groups attached to an aromatic ring is 1. The summed E-state index contributed by atoms with van der Waals surface area (Å²) in [6.07, 6.45) is 0. The Kier molecular flexibility index (Phi) is 2.93. The van der Waals surface area contributed by atoms with E-state index in [-0.39, 0.29) is 5.82 Å². The van der Waals surface area contributed by atoms with Gasteiger partial charge in [-0.1, -0.05) is 12.1 Å². The molecule has 2 aromatic carbocycles. The molecule has 0 saturated carbocycles. The van der Waals surface area contributed by atoms with E-state index < -0.39 is 0 Å². The highest BCUT2D eigenvalue weighted by molar-refractivity contribution is 5.84. The summed E-state index contributed by atoms with van der Waals surface area (Å²) in [4.78, 5) is 4.63. The Labute approximate surface area is 116 Å². The van der Waals surface area contributed by atoms with Crippen LogP contribution in [0.5, 0.6) is 0 Å². The lowest BCUT2D eigenvalue weighted by molar-refractivity contribution is 0.628. The summed E-state index contributed by atoms with van der Waals surface area (Å²) in [5.41, 5.74) is 10.4. The van der Waals surface area contributed by atoms with Crippen molar-refractivity contribution in [2.24, 2.45) is 0 Å². The van der Waals surface area contributed by atoms with Crippen LogP contribution in [0.1, 0.15) is 12.5 Å². The third-order valence-electron chi connectivity index (χ3n) is 3.56. The van der Waals surface area contributed by atoms with Gasteiger partial charge in [0.1, 0.15) is 11.6 Å². The standard InChI is InChI=1S/C16H16FN3/c1-3-20-14-9-11(17)7-8-13(14)19-16(20)15-10(2)5-4-6-12(15)18/h4-9H,3,18H2,1-2H3. The first kappa shape index (κ1) is 12.7. The molecular formula is C16H16FN3. The maximum Gasteiger partial charge on any atom is 0.143 e. The van der Waals surface area contributed by atoms with Gasteiger partial charge in [0.05, 0.1) is 11.0 Å². The summed E-state index contributed by atoms with van der Waals surface area (Å²) in [6.45, 7) is 4.73. The number of anilines is 1. The van der Waals surface area contributed by atoms with E-state index in [0.29, 0.717) is 12.2 Å². The smallest absolute Gasteiger partial charge is 0.143 e. The van der Waals surface area contributed by atoms with Crippen LogP contribution < -0.4 is 5.73 Å². The summed E-state index contributed by atoms with van der Waals surface area (Å²) in [7, 11) is 0. The Morgan fingerprint density at radius 2 is 2.05 bits per heavy atom. The number of nitrogens with two attached hydrogens (primary N) is 1. The molecule has 0 aliphatic heterocycles. The van der Waals surface area contributed by atoms with Crippen molar-refractivity contribution >= 4 is 16.7 Å². The number of benzene rings is 2. The molecule has 0 unspecified atom stereocenters. The third kappa shape index (κ3) is 1.84. The molecule has 0 spiro atoms. The molecule has 3 nitrogen and oxygen atoms in total. The molecule has 0 saturated heterocycles. The first-order valence-electron chi connectivity index (χ1n) is 6.63. The van der Waals surface area contributed by atoms with Crippen molar-refractivity contribution in [3.05, 3.63) is 47.8 Å². The Bertz CT molecular complexity index is 770. The monoisotopic (exact) mass is 269 g/mol. The summed E-state index contributed by atoms with van der Waals surface area (Å²) in [6, 6.07) is 10.4. The van der Waals surface area contributed by atoms with Crippen LogP contribution in [0.2, 0.25) is 0 Å². The maximum absolute atomic E-state index is 13.5. The number of imidazole rings is 1. The minimum absolute atomic E-state index is 0.253. The van der Waals surface area contributed by atoms with E-state index >= 15 is 0 Å². The predicted octanol–water partition coefficient (Wildman–Crippen LogP) is 3.75. The van der Waals surface area contributed by atoms with Gasteiger partial charge in [-0.25, -0.2) is 9.37 Å². The maximum atomic E-state index is 13.5. The number of rotatable bonds is 2. The van der Waals surface area contributed by atoms with E-state index in [1.807, 2.05) is 36.6 Å². The fourth-order valence-electron chi connectivity index (χ4n) is 2.60.